The molecule has 1 fully saturated rings. The number of carbonyl (C=O) groups excluding carboxylic acids is 2. The molecule has 1 heterocycles. The second-order valence-corrected chi connectivity index (χ2v) is 5.79. The molecule has 21 heavy (non-hydrogen) atoms. The van der Waals surface area contributed by atoms with Crippen LogP contribution in [0.1, 0.15) is 12.0 Å². The van der Waals surface area contributed by atoms with E-state index in [1.54, 1.807) is 0 Å². The van der Waals surface area contributed by atoms with Crippen LogP contribution in [-0.2, 0) is 15.8 Å². The monoisotopic (exact) mass is 318 g/mol. The normalized spacial score (nSPS) is 19.0. The maximum absolute atomic E-state index is 12.6. The Balaban J connectivity index is 1.98. The van der Waals surface area contributed by atoms with Gasteiger partial charge in [0.05, 0.1) is 10.8 Å². The summed E-state index contributed by atoms with van der Waals surface area (Å²) in [5.74, 6) is 0.0158. The number of hydrogen-bond donors (Lipinski definition) is 2. The van der Waals surface area contributed by atoms with Crippen molar-refractivity contribution < 1.29 is 22.8 Å². The molecule has 0 bridgehead atoms. The van der Waals surface area contributed by atoms with Crippen molar-refractivity contribution in [1.82, 2.24) is 5.32 Å². The Morgan fingerprint density at radius 2 is 2.19 bits per heavy atom. The van der Waals surface area contributed by atoms with Crippen LogP contribution in [0.4, 0.5) is 18.9 Å². The van der Waals surface area contributed by atoms with Crippen molar-refractivity contribution in [3.8, 4) is 0 Å². The second kappa shape index (κ2) is 6.38. The number of hydrogen-bond acceptors (Lipinski definition) is 3. The van der Waals surface area contributed by atoms with E-state index in [-0.39, 0.29) is 18.0 Å². The van der Waals surface area contributed by atoms with Crippen LogP contribution in [0.5, 0.6) is 0 Å². The molecule has 1 aliphatic rings. The molecule has 0 spiro atoms. The van der Waals surface area contributed by atoms with Crippen LogP contribution in [0, 0.1) is 0 Å². The largest absolute Gasteiger partial charge is 0.416 e. The zero-order valence-corrected chi connectivity index (χ0v) is 11.7. The number of alkyl halides is 3. The zero-order valence-electron chi connectivity index (χ0n) is 10.9. The summed E-state index contributed by atoms with van der Waals surface area (Å²) in [4.78, 5) is 23.3. The number of nitrogens with one attached hydrogen (secondary N) is 2. The minimum Gasteiger partial charge on any atom is -0.354 e. The van der Waals surface area contributed by atoms with Crippen LogP contribution in [0.2, 0.25) is 0 Å². The average molecular weight is 318 g/mol. The van der Waals surface area contributed by atoms with Gasteiger partial charge in [0.2, 0.25) is 11.8 Å². The van der Waals surface area contributed by atoms with Crippen LogP contribution in [0.3, 0.4) is 0 Å². The topological polar surface area (TPSA) is 58.2 Å². The van der Waals surface area contributed by atoms with Gasteiger partial charge in [-0.15, -0.1) is 11.8 Å². The first-order valence-electron chi connectivity index (χ1n) is 6.22. The Bertz CT molecular complexity index is 548. The van der Waals surface area contributed by atoms with Crippen LogP contribution in [0.25, 0.3) is 0 Å². The first-order valence-corrected chi connectivity index (χ1v) is 7.27. The standard InChI is InChI=1S/C13H13F3N2O2S/c14-13(15,16)8-2-1-3-9(6-8)18-11(19)7-10-12(20)17-4-5-21-10/h1-3,6,10H,4-5,7H2,(H,17,20)(H,18,19)/t10-/m0/s1. The summed E-state index contributed by atoms with van der Waals surface area (Å²) in [7, 11) is 0. The van der Waals surface area contributed by atoms with E-state index in [2.05, 4.69) is 10.6 Å². The van der Waals surface area contributed by atoms with Gasteiger partial charge in [-0.1, -0.05) is 6.07 Å². The summed E-state index contributed by atoms with van der Waals surface area (Å²) in [6.45, 7) is 0.565. The lowest BCUT2D eigenvalue weighted by atomic mass is 10.2. The molecule has 1 atom stereocenters. The summed E-state index contributed by atoms with van der Waals surface area (Å²) in [6.07, 6.45) is -4.52. The Hall–Kier alpha value is -1.70. The van der Waals surface area contributed by atoms with Crippen molar-refractivity contribution in [3.63, 3.8) is 0 Å². The van der Waals surface area contributed by atoms with Crippen molar-refractivity contribution in [3.05, 3.63) is 29.8 Å². The first-order chi connectivity index (χ1) is 9.86. The third-order valence-corrected chi connectivity index (χ3v) is 4.08. The van der Waals surface area contributed by atoms with Gasteiger partial charge in [-0.25, -0.2) is 0 Å². The highest BCUT2D eigenvalue weighted by Crippen LogP contribution is 2.30. The van der Waals surface area contributed by atoms with Gasteiger partial charge in [0.25, 0.3) is 0 Å². The van der Waals surface area contributed by atoms with E-state index in [0.717, 1.165) is 12.1 Å². The highest BCUT2D eigenvalue weighted by Gasteiger charge is 2.30. The van der Waals surface area contributed by atoms with Crippen LogP contribution < -0.4 is 10.6 Å². The van der Waals surface area contributed by atoms with Crippen molar-refractivity contribution in [2.45, 2.75) is 17.8 Å². The second-order valence-electron chi connectivity index (χ2n) is 4.48. The number of benzene rings is 1. The van der Waals surface area contributed by atoms with Crippen LogP contribution in [0.15, 0.2) is 24.3 Å². The van der Waals surface area contributed by atoms with E-state index < -0.39 is 22.9 Å². The molecule has 1 aliphatic heterocycles. The molecule has 1 aromatic rings. The molecule has 2 N–H and O–H groups in total. The number of thioether (sulfide) groups is 1. The van der Waals surface area contributed by atoms with Crippen molar-refractivity contribution in [1.29, 1.82) is 0 Å². The van der Waals surface area contributed by atoms with Gasteiger partial charge in [-0.2, -0.15) is 13.2 Å². The fourth-order valence-corrected chi connectivity index (χ4v) is 2.88. The van der Waals surface area contributed by atoms with Gasteiger partial charge in [0.1, 0.15) is 0 Å². The summed E-state index contributed by atoms with van der Waals surface area (Å²) < 4.78 is 37.7. The van der Waals surface area contributed by atoms with Gasteiger partial charge >= 0.3 is 6.18 Å². The van der Waals surface area contributed by atoms with Crippen LogP contribution in [-0.4, -0.2) is 29.4 Å². The van der Waals surface area contributed by atoms with Gasteiger partial charge in [0, 0.05) is 24.4 Å². The van der Waals surface area contributed by atoms with Gasteiger partial charge in [0.15, 0.2) is 0 Å². The molecule has 8 heteroatoms. The number of rotatable bonds is 3. The van der Waals surface area contributed by atoms with E-state index >= 15 is 0 Å². The molecule has 4 nitrogen and oxygen atoms in total. The Morgan fingerprint density at radius 1 is 1.43 bits per heavy atom. The minimum atomic E-state index is -4.46. The predicted octanol–water partition coefficient (Wildman–Crippen LogP) is 2.27. The lowest BCUT2D eigenvalue weighted by Crippen LogP contribution is -2.40. The summed E-state index contributed by atoms with van der Waals surface area (Å²) >= 11 is 1.36. The summed E-state index contributed by atoms with van der Waals surface area (Å²) in [5.41, 5.74) is -0.763. The molecular weight excluding hydrogens is 305 g/mol. The Kier molecular flexibility index (Phi) is 4.76. The summed E-state index contributed by atoms with van der Waals surface area (Å²) in [5, 5.41) is 4.54. The van der Waals surface area contributed by atoms with Crippen molar-refractivity contribution >= 4 is 29.3 Å². The molecule has 1 aromatic carbocycles. The highest BCUT2D eigenvalue weighted by molar-refractivity contribution is 8.00. The number of amides is 2. The maximum atomic E-state index is 12.6. The molecule has 114 valence electrons. The molecule has 2 rings (SSSR count). The van der Waals surface area contributed by atoms with E-state index in [9.17, 15) is 22.8 Å². The number of anilines is 1. The average Bonchev–Trinajstić information content (AvgIpc) is 2.41. The van der Waals surface area contributed by atoms with E-state index in [1.165, 1.54) is 23.9 Å². The van der Waals surface area contributed by atoms with Gasteiger partial charge in [-0.05, 0) is 18.2 Å². The molecule has 0 aromatic heterocycles. The zero-order chi connectivity index (χ0) is 15.5. The predicted molar refractivity (Wildman–Crippen MR) is 73.9 cm³/mol. The minimum absolute atomic E-state index is 0.0628. The molecule has 1 saturated heterocycles. The quantitative estimate of drug-likeness (QED) is 0.899. The van der Waals surface area contributed by atoms with E-state index in [0.29, 0.717) is 12.3 Å². The Morgan fingerprint density at radius 3 is 2.86 bits per heavy atom. The maximum Gasteiger partial charge on any atom is 0.416 e. The van der Waals surface area contributed by atoms with Gasteiger partial charge < -0.3 is 10.6 Å². The van der Waals surface area contributed by atoms with E-state index in [1.807, 2.05) is 0 Å². The lowest BCUT2D eigenvalue weighted by Gasteiger charge is -2.20. The molecule has 0 saturated carbocycles. The lowest BCUT2D eigenvalue weighted by molar-refractivity contribution is -0.137. The molecular formula is C13H13F3N2O2S. The SMILES string of the molecule is O=C(C[C@@H]1SCCNC1=O)Nc1cccc(C(F)(F)F)c1. The first kappa shape index (κ1) is 15.7. The fraction of sp³-hybridized carbons (Fsp3) is 0.385. The molecule has 0 unspecified atom stereocenters. The third-order valence-electron chi connectivity index (χ3n) is 2.86. The highest BCUT2D eigenvalue weighted by atomic mass is 32.2. The third kappa shape index (κ3) is 4.38. The van der Waals surface area contributed by atoms with Crippen molar-refractivity contribution in [2.24, 2.45) is 0 Å². The molecule has 0 radical (unpaired) electrons. The summed E-state index contributed by atoms with van der Waals surface area (Å²) in [6, 6.07) is 4.40. The smallest absolute Gasteiger partial charge is 0.354 e. The molecule has 0 aliphatic carbocycles. The van der Waals surface area contributed by atoms with E-state index in [4.69, 9.17) is 0 Å². The molecule has 2 amide bonds. The number of carbonyl (C=O) groups is 2. The van der Waals surface area contributed by atoms with Gasteiger partial charge in [-0.3, -0.25) is 9.59 Å². The fourth-order valence-electron chi connectivity index (χ4n) is 1.87. The van der Waals surface area contributed by atoms with Crippen molar-refractivity contribution in [2.75, 3.05) is 17.6 Å². The Labute approximate surface area is 123 Å². The number of halogens is 3. The van der Waals surface area contributed by atoms with Crippen LogP contribution >= 0.6 is 11.8 Å².